The number of hydrogen-bond donors (Lipinski definition) is 2. The van der Waals surface area contributed by atoms with Crippen LogP contribution in [-0.2, 0) is 4.79 Å². The molecule has 3 aromatic carbocycles. The number of primary amides is 1. The number of nitrogens with one attached hydrogen (secondary N) is 1. The fourth-order valence-electron chi connectivity index (χ4n) is 3.78. The van der Waals surface area contributed by atoms with Crippen LogP contribution in [0.4, 0.5) is 11.4 Å². The molecule has 0 saturated carbocycles. The van der Waals surface area contributed by atoms with E-state index in [0.29, 0.717) is 22.0 Å². The molecule has 0 aromatic heterocycles. The number of carbonyl (C=O) groups excluding carboxylic acids is 2. The van der Waals surface area contributed by atoms with Crippen molar-refractivity contribution in [2.24, 2.45) is 5.73 Å². The summed E-state index contributed by atoms with van der Waals surface area (Å²) >= 11 is 6.38. The number of amides is 2. The number of nitrogens with two attached hydrogens (primary N) is 1. The summed E-state index contributed by atoms with van der Waals surface area (Å²) in [5, 5.41) is 3.28. The second-order valence-corrected chi connectivity index (χ2v) is 8.05. The first-order valence-electron chi connectivity index (χ1n) is 10.5. The van der Waals surface area contributed by atoms with E-state index in [2.05, 4.69) is 10.2 Å². The number of rotatable bonds is 7. The minimum absolute atomic E-state index is 0.218. The summed E-state index contributed by atoms with van der Waals surface area (Å²) in [7, 11) is 0. The van der Waals surface area contributed by atoms with E-state index in [0.717, 1.165) is 42.7 Å². The minimum Gasteiger partial charge on any atom is -0.482 e. The number of nitrogens with zero attached hydrogens (tertiary/aromatic N) is 1. The van der Waals surface area contributed by atoms with E-state index in [1.807, 2.05) is 48.5 Å². The SMILES string of the molecule is NC(=O)c1ccc(N2CCCC2)c(NC(=O)COc2ccc(-c3ccccc3)cc2Cl)c1. The van der Waals surface area contributed by atoms with Crippen LogP contribution in [0.5, 0.6) is 5.75 Å². The molecule has 32 heavy (non-hydrogen) atoms. The lowest BCUT2D eigenvalue weighted by atomic mass is 10.1. The second-order valence-electron chi connectivity index (χ2n) is 7.64. The molecule has 6 nitrogen and oxygen atoms in total. The van der Waals surface area contributed by atoms with Crippen molar-refractivity contribution in [3.05, 3.63) is 77.3 Å². The summed E-state index contributed by atoms with van der Waals surface area (Å²) in [5.74, 6) is -0.475. The van der Waals surface area contributed by atoms with Gasteiger partial charge in [0, 0.05) is 18.7 Å². The van der Waals surface area contributed by atoms with Gasteiger partial charge < -0.3 is 20.7 Å². The van der Waals surface area contributed by atoms with Gasteiger partial charge in [-0.1, -0.05) is 48.0 Å². The van der Waals surface area contributed by atoms with Gasteiger partial charge >= 0.3 is 0 Å². The summed E-state index contributed by atoms with van der Waals surface area (Å²) < 4.78 is 5.66. The average molecular weight is 450 g/mol. The largest absolute Gasteiger partial charge is 0.482 e. The Hall–Kier alpha value is -3.51. The first-order valence-corrected chi connectivity index (χ1v) is 10.9. The van der Waals surface area contributed by atoms with Crippen LogP contribution >= 0.6 is 11.6 Å². The summed E-state index contributed by atoms with van der Waals surface area (Å²) in [6, 6.07) is 20.4. The van der Waals surface area contributed by atoms with E-state index in [-0.39, 0.29) is 12.5 Å². The Morgan fingerprint density at radius 1 is 0.969 bits per heavy atom. The van der Waals surface area contributed by atoms with Crippen molar-refractivity contribution in [1.82, 2.24) is 0 Å². The summed E-state index contributed by atoms with van der Waals surface area (Å²) in [6.07, 6.45) is 2.18. The van der Waals surface area contributed by atoms with Gasteiger partial charge in [-0.3, -0.25) is 9.59 Å². The first kappa shape index (κ1) is 21.7. The zero-order valence-electron chi connectivity index (χ0n) is 17.5. The standard InChI is InChI=1S/C25H24ClN3O3/c26-20-14-18(17-6-2-1-3-7-17)9-11-23(20)32-16-24(30)28-21-15-19(25(27)31)8-10-22(21)29-12-4-5-13-29/h1-3,6-11,14-15H,4-5,12-13,16H2,(H2,27,31)(H,28,30). The van der Waals surface area contributed by atoms with Crippen LogP contribution in [0.25, 0.3) is 11.1 Å². The Labute approximate surface area is 191 Å². The minimum atomic E-state index is -0.546. The molecule has 0 bridgehead atoms. The van der Waals surface area contributed by atoms with Gasteiger partial charge in [0.05, 0.1) is 16.4 Å². The maximum absolute atomic E-state index is 12.6. The first-order chi connectivity index (χ1) is 15.5. The van der Waals surface area contributed by atoms with Crippen LogP contribution in [0.15, 0.2) is 66.7 Å². The Morgan fingerprint density at radius 2 is 1.72 bits per heavy atom. The molecule has 0 radical (unpaired) electrons. The van der Waals surface area contributed by atoms with Crippen LogP contribution in [-0.4, -0.2) is 31.5 Å². The Bertz CT molecular complexity index is 1130. The number of hydrogen-bond acceptors (Lipinski definition) is 4. The van der Waals surface area contributed by atoms with Crippen LogP contribution in [0, 0.1) is 0 Å². The number of halogens is 1. The van der Waals surface area contributed by atoms with Crippen molar-refractivity contribution in [3.63, 3.8) is 0 Å². The quantitative estimate of drug-likeness (QED) is 0.546. The number of anilines is 2. The highest BCUT2D eigenvalue weighted by atomic mass is 35.5. The van der Waals surface area contributed by atoms with E-state index in [9.17, 15) is 9.59 Å². The molecule has 1 aliphatic rings. The third-order valence-electron chi connectivity index (χ3n) is 5.40. The van der Waals surface area contributed by atoms with Crippen molar-refractivity contribution in [2.45, 2.75) is 12.8 Å². The zero-order chi connectivity index (χ0) is 22.5. The number of carbonyl (C=O) groups is 2. The summed E-state index contributed by atoms with van der Waals surface area (Å²) in [4.78, 5) is 26.4. The van der Waals surface area contributed by atoms with Crippen molar-refractivity contribution in [3.8, 4) is 16.9 Å². The predicted octanol–water partition coefficient (Wildman–Crippen LogP) is 4.72. The molecule has 7 heteroatoms. The van der Waals surface area contributed by atoms with Gasteiger partial charge in [0.25, 0.3) is 5.91 Å². The van der Waals surface area contributed by atoms with E-state index >= 15 is 0 Å². The molecule has 0 unspecified atom stereocenters. The van der Waals surface area contributed by atoms with Crippen LogP contribution < -0.4 is 20.7 Å². The van der Waals surface area contributed by atoms with Crippen LogP contribution in [0.1, 0.15) is 23.2 Å². The van der Waals surface area contributed by atoms with Crippen molar-refractivity contribution in [2.75, 3.05) is 29.9 Å². The smallest absolute Gasteiger partial charge is 0.262 e. The summed E-state index contributed by atoms with van der Waals surface area (Å²) in [5.41, 5.74) is 9.17. The molecule has 1 saturated heterocycles. The third-order valence-corrected chi connectivity index (χ3v) is 5.70. The van der Waals surface area contributed by atoms with E-state index in [1.54, 1.807) is 18.2 Å². The zero-order valence-corrected chi connectivity index (χ0v) is 18.3. The molecule has 0 spiro atoms. The fraction of sp³-hybridized carbons (Fsp3) is 0.200. The van der Waals surface area contributed by atoms with E-state index in [4.69, 9.17) is 22.1 Å². The molecule has 0 aliphatic carbocycles. The molecule has 1 fully saturated rings. The molecule has 4 rings (SSSR count). The van der Waals surface area contributed by atoms with Crippen molar-refractivity contribution >= 4 is 34.8 Å². The number of benzene rings is 3. The highest BCUT2D eigenvalue weighted by Gasteiger charge is 2.19. The highest BCUT2D eigenvalue weighted by Crippen LogP contribution is 2.32. The van der Waals surface area contributed by atoms with Gasteiger partial charge in [-0.25, -0.2) is 0 Å². The molecule has 1 heterocycles. The van der Waals surface area contributed by atoms with Crippen molar-refractivity contribution < 1.29 is 14.3 Å². The van der Waals surface area contributed by atoms with E-state index in [1.165, 1.54) is 0 Å². The molecule has 164 valence electrons. The van der Waals surface area contributed by atoms with Crippen LogP contribution in [0.3, 0.4) is 0 Å². The number of ether oxygens (including phenoxy) is 1. The topological polar surface area (TPSA) is 84.7 Å². The molecule has 2 amide bonds. The molecule has 1 aliphatic heterocycles. The van der Waals surface area contributed by atoms with Crippen LogP contribution in [0.2, 0.25) is 5.02 Å². The average Bonchev–Trinajstić information content (AvgIpc) is 3.33. The van der Waals surface area contributed by atoms with Gasteiger partial charge in [-0.05, 0) is 54.3 Å². The molecule has 3 N–H and O–H groups in total. The monoisotopic (exact) mass is 449 g/mol. The summed E-state index contributed by atoms with van der Waals surface area (Å²) in [6.45, 7) is 1.59. The fourth-order valence-corrected chi connectivity index (χ4v) is 4.02. The van der Waals surface area contributed by atoms with Gasteiger partial charge in [-0.15, -0.1) is 0 Å². The third kappa shape index (κ3) is 5.03. The Balaban J connectivity index is 1.45. The Morgan fingerprint density at radius 3 is 2.41 bits per heavy atom. The second kappa shape index (κ2) is 9.75. The lowest BCUT2D eigenvalue weighted by Crippen LogP contribution is -2.24. The van der Waals surface area contributed by atoms with Gasteiger partial charge in [-0.2, -0.15) is 0 Å². The maximum Gasteiger partial charge on any atom is 0.262 e. The lowest BCUT2D eigenvalue weighted by Gasteiger charge is -2.22. The van der Waals surface area contributed by atoms with Gasteiger partial charge in [0.15, 0.2) is 6.61 Å². The molecule has 0 atom stereocenters. The predicted molar refractivity (Wildman–Crippen MR) is 127 cm³/mol. The normalized spacial score (nSPS) is 13.1. The highest BCUT2D eigenvalue weighted by molar-refractivity contribution is 6.32. The molecule has 3 aromatic rings. The van der Waals surface area contributed by atoms with Crippen molar-refractivity contribution in [1.29, 1.82) is 0 Å². The van der Waals surface area contributed by atoms with E-state index < -0.39 is 5.91 Å². The molecular formula is C25H24ClN3O3. The van der Waals surface area contributed by atoms with Gasteiger partial charge in [0.2, 0.25) is 5.91 Å². The maximum atomic E-state index is 12.6. The van der Waals surface area contributed by atoms with Gasteiger partial charge in [0.1, 0.15) is 5.75 Å². The lowest BCUT2D eigenvalue weighted by molar-refractivity contribution is -0.118. The molecular weight excluding hydrogens is 426 g/mol. The Kier molecular flexibility index (Phi) is 6.61.